The van der Waals surface area contributed by atoms with Crippen LogP contribution in [0.4, 0.5) is 0 Å². The standard InChI is InChI=1S/C15H24N2O2S/c1-3-17(11-12(2)10-16)20(18,19)15-8-7-13-5-4-6-14(13)9-15/h7-9,12H,3-6,10-11,16H2,1-2H3. The van der Waals surface area contributed by atoms with Crippen LogP contribution < -0.4 is 5.73 Å². The Morgan fingerprint density at radius 1 is 1.30 bits per heavy atom. The summed E-state index contributed by atoms with van der Waals surface area (Å²) in [6.07, 6.45) is 3.18. The van der Waals surface area contributed by atoms with Gasteiger partial charge in [-0.05, 0) is 55.0 Å². The highest BCUT2D eigenvalue weighted by Crippen LogP contribution is 2.26. The van der Waals surface area contributed by atoms with E-state index in [4.69, 9.17) is 5.73 Å². The van der Waals surface area contributed by atoms with Gasteiger partial charge in [-0.25, -0.2) is 8.42 Å². The first-order valence-corrected chi connectivity index (χ1v) is 8.75. The van der Waals surface area contributed by atoms with E-state index in [1.807, 2.05) is 26.0 Å². The van der Waals surface area contributed by atoms with E-state index in [0.717, 1.165) is 19.3 Å². The van der Waals surface area contributed by atoms with E-state index in [1.165, 1.54) is 15.4 Å². The van der Waals surface area contributed by atoms with E-state index < -0.39 is 10.0 Å². The van der Waals surface area contributed by atoms with Crippen LogP contribution in [0.15, 0.2) is 23.1 Å². The van der Waals surface area contributed by atoms with Crippen LogP contribution in [0.25, 0.3) is 0 Å². The smallest absolute Gasteiger partial charge is 0.243 e. The number of sulfonamides is 1. The minimum atomic E-state index is -3.40. The molecule has 1 atom stereocenters. The summed E-state index contributed by atoms with van der Waals surface area (Å²) in [5.74, 6) is 0.166. The van der Waals surface area contributed by atoms with Crippen molar-refractivity contribution in [1.82, 2.24) is 4.31 Å². The lowest BCUT2D eigenvalue weighted by Crippen LogP contribution is -2.36. The predicted octanol–water partition coefficient (Wildman–Crippen LogP) is 1.78. The van der Waals surface area contributed by atoms with Crippen molar-refractivity contribution >= 4 is 10.0 Å². The Morgan fingerprint density at radius 2 is 2.00 bits per heavy atom. The van der Waals surface area contributed by atoms with Crippen LogP contribution in [0.5, 0.6) is 0 Å². The lowest BCUT2D eigenvalue weighted by molar-refractivity contribution is 0.371. The van der Waals surface area contributed by atoms with Crippen LogP contribution in [0.2, 0.25) is 0 Å². The van der Waals surface area contributed by atoms with Crippen molar-refractivity contribution in [3.8, 4) is 0 Å². The lowest BCUT2D eigenvalue weighted by Gasteiger charge is -2.23. The van der Waals surface area contributed by atoms with Gasteiger partial charge in [0.2, 0.25) is 10.0 Å². The summed E-state index contributed by atoms with van der Waals surface area (Å²) in [5, 5.41) is 0. The monoisotopic (exact) mass is 296 g/mol. The molecule has 4 nitrogen and oxygen atoms in total. The second-order valence-electron chi connectivity index (χ2n) is 5.58. The molecule has 1 aromatic rings. The molecule has 0 amide bonds. The summed E-state index contributed by atoms with van der Waals surface area (Å²) >= 11 is 0. The van der Waals surface area contributed by atoms with E-state index in [0.29, 0.717) is 24.5 Å². The molecule has 1 aliphatic rings. The molecule has 0 aliphatic heterocycles. The molecule has 0 aromatic heterocycles. The molecular weight excluding hydrogens is 272 g/mol. The van der Waals surface area contributed by atoms with Crippen molar-refractivity contribution in [2.24, 2.45) is 11.7 Å². The van der Waals surface area contributed by atoms with E-state index in [2.05, 4.69) is 0 Å². The van der Waals surface area contributed by atoms with Gasteiger partial charge in [-0.1, -0.05) is 19.9 Å². The van der Waals surface area contributed by atoms with Crippen molar-refractivity contribution in [3.63, 3.8) is 0 Å². The first-order chi connectivity index (χ1) is 9.48. The minimum Gasteiger partial charge on any atom is -0.330 e. The van der Waals surface area contributed by atoms with Crippen molar-refractivity contribution < 1.29 is 8.42 Å². The van der Waals surface area contributed by atoms with Gasteiger partial charge in [0.05, 0.1) is 4.90 Å². The number of hydrogen-bond donors (Lipinski definition) is 1. The Kier molecular flexibility index (Phi) is 4.83. The molecule has 0 bridgehead atoms. The highest BCUT2D eigenvalue weighted by Gasteiger charge is 2.25. The predicted molar refractivity (Wildman–Crippen MR) is 81.1 cm³/mol. The van der Waals surface area contributed by atoms with Gasteiger partial charge in [0, 0.05) is 13.1 Å². The minimum absolute atomic E-state index is 0.166. The number of aryl methyl sites for hydroxylation is 2. The van der Waals surface area contributed by atoms with E-state index in [9.17, 15) is 8.42 Å². The van der Waals surface area contributed by atoms with Crippen LogP contribution in [0.1, 0.15) is 31.4 Å². The highest BCUT2D eigenvalue weighted by atomic mass is 32.2. The fourth-order valence-corrected chi connectivity index (χ4v) is 4.30. The Bertz CT molecular complexity index is 569. The number of rotatable bonds is 6. The second kappa shape index (κ2) is 6.24. The van der Waals surface area contributed by atoms with Crippen molar-refractivity contribution in [3.05, 3.63) is 29.3 Å². The Hall–Kier alpha value is -0.910. The van der Waals surface area contributed by atoms with Crippen molar-refractivity contribution in [1.29, 1.82) is 0 Å². The van der Waals surface area contributed by atoms with Gasteiger partial charge in [0.25, 0.3) is 0 Å². The molecule has 112 valence electrons. The summed E-state index contributed by atoms with van der Waals surface area (Å²) < 4.78 is 26.9. The third-order valence-electron chi connectivity index (χ3n) is 3.98. The van der Waals surface area contributed by atoms with Gasteiger partial charge in [-0.2, -0.15) is 4.31 Å². The van der Waals surface area contributed by atoms with Gasteiger partial charge >= 0.3 is 0 Å². The third kappa shape index (κ3) is 3.05. The number of nitrogens with two attached hydrogens (primary N) is 1. The second-order valence-corrected chi connectivity index (χ2v) is 7.52. The van der Waals surface area contributed by atoms with Crippen molar-refractivity contribution in [2.75, 3.05) is 19.6 Å². The normalized spacial score (nSPS) is 16.4. The molecule has 5 heteroatoms. The molecule has 1 aromatic carbocycles. The summed E-state index contributed by atoms with van der Waals surface area (Å²) in [6.45, 7) is 5.29. The van der Waals surface area contributed by atoms with Gasteiger partial charge in [0.1, 0.15) is 0 Å². The van der Waals surface area contributed by atoms with E-state index in [1.54, 1.807) is 6.07 Å². The molecule has 2 rings (SSSR count). The molecular formula is C15H24N2O2S. The van der Waals surface area contributed by atoms with Crippen LogP contribution in [0.3, 0.4) is 0 Å². The van der Waals surface area contributed by atoms with Gasteiger partial charge in [-0.15, -0.1) is 0 Å². The largest absolute Gasteiger partial charge is 0.330 e. The fourth-order valence-electron chi connectivity index (χ4n) is 2.68. The summed E-state index contributed by atoms with van der Waals surface area (Å²) in [4.78, 5) is 0.421. The zero-order valence-corrected chi connectivity index (χ0v) is 13.1. The topological polar surface area (TPSA) is 63.4 Å². The number of nitrogens with zero attached hydrogens (tertiary/aromatic N) is 1. The molecule has 0 fully saturated rings. The van der Waals surface area contributed by atoms with E-state index in [-0.39, 0.29) is 5.92 Å². The molecule has 0 spiro atoms. The van der Waals surface area contributed by atoms with Gasteiger partial charge in [0.15, 0.2) is 0 Å². The highest BCUT2D eigenvalue weighted by molar-refractivity contribution is 7.89. The lowest BCUT2D eigenvalue weighted by atomic mass is 10.1. The molecule has 0 saturated carbocycles. The van der Waals surface area contributed by atoms with Gasteiger partial charge < -0.3 is 5.73 Å². The quantitative estimate of drug-likeness (QED) is 0.870. The number of fused-ring (bicyclic) bond motifs is 1. The zero-order chi connectivity index (χ0) is 14.8. The molecule has 1 unspecified atom stereocenters. The van der Waals surface area contributed by atoms with Crippen molar-refractivity contribution in [2.45, 2.75) is 38.0 Å². The van der Waals surface area contributed by atoms with Crippen LogP contribution in [-0.4, -0.2) is 32.4 Å². The van der Waals surface area contributed by atoms with Crippen LogP contribution >= 0.6 is 0 Å². The first-order valence-electron chi connectivity index (χ1n) is 7.31. The fraction of sp³-hybridized carbons (Fsp3) is 0.600. The molecule has 0 heterocycles. The Morgan fingerprint density at radius 3 is 2.65 bits per heavy atom. The van der Waals surface area contributed by atoms with Crippen LogP contribution in [0, 0.1) is 5.92 Å². The third-order valence-corrected chi connectivity index (χ3v) is 5.91. The molecule has 2 N–H and O–H groups in total. The summed E-state index contributed by atoms with van der Waals surface area (Å²) in [5.41, 5.74) is 8.09. The maximum atomic E-state index is 12.7. The Balaban J connectivity index is 2.28. The maximum absolute atomic E-state index is 12.7. The average molecular weight is 296 g/mol. The zero-order valence-electron chi connectivity index (χ0n) is 12.3. The number of hydrogen-bond acceptors (Lipinski definition) is 3. The molecule has 0 radical (unpaired) electrons. The summed E-state index contributed by atoms with van der Waals surface area (Å²) in [6, 6.07) is 5.57. The first kappa shape index (κ1) is 15.5. The van der Waals surface area contributed by atoms with E-state index >= 15 is 0 Å². The summed E-state index contributed by atoms with van der Waals surface area (Å²) in [7, 11) is -3.40. The van der Waals surface area contributed by atoms with Crippen LogP contribution in [-0.2, 0) is 22.9 Å². The average Bonchev–Trinajstić information content (AvgIpc) is 2.91. The SMILES string of the molecule is CCN(CC(C)CN)S(=O)(=O)c1ccc2c(c1)CCC2. The van der Waals surface area contributed by atoms with Gasteiger partial charge in [-0.3, -0.25) is 0 Å². The Labute approximate surface area is 122 Å². The molecule has 0 saturated heterocycles. The maximum Gasteiger partial charge on any atom is 0.243 e. The molecule has 20 heavy (non-hydrogen) atoms. The number of benzene rings is 1. The molecule has 1 aliphatic carbocycles.